The van der Waals surface area contributed by atoms with Crippen LogP contribution in [0.1, 0.15) is 28.9 Å². The Bertz CT molecular complexity index is 864. The summed E-state index contributed by atoms with van der Waals surface area (Å²) in [5.41, 5.74) is 3.40. The van der Waals surface area contributed by atoms with E-state index in [2.05, 4.69) is 20.7 Å². The minimum Gasteiger partial charge on any atom is -0.357 e. The Morgan fingerprint density at radius 2 is 2.07 bits per heavy atom. The third-order valence-electron chi connectivity index (χ3n) is 5.01. The minimum absolute atomic E-state index is 0.112. The van der Waals surface area contributed by atoms with Crippen LogP contribution in [0, 0.1) is 0 Å². The van der Waals surface area contributed by atoms with Crippen LogP contribution in [0.4, 0.5) is 0 Å². The van der Waals surface area contributed by atoms with Crippen molar-refractivity contribution in [1.82, 2.24) is 25.6 Å². The highest BCUT2D eigenvalue weighted by Crippen LogP contribution is 2.31. The Kier molecular flexibility index (Phi) is 4.41. The molecule has 140 valence electrons. The monoisotopic (exact) mass is 366 g/mol. The predicted molar refractivity (Wildman–Crippen MR) is 100 cm³/mol. The van der Waals surface area contributed by atoms with Crippen LogP contribution < -0.4 is 10.7 Å². The van der Waals surface area contributed by atoms with Crippen molar-refractivity contribution in [3.63, 3.8) is 0 Å². The zero-order chi connectivity index (χ0) is 18.9. The Morgan fingerprint density at radius 3 is 2.81 bits per heavy atom. The SMILES string of the molecule is CN1C(=O)C2(CCCN2NC(=O)c2ccc[nH]2)NC1=NCc1ccccc1. The van der Waals surface area contributed by atoms with Crippen molar-refractivity contribution in [2.75, 3.05) is 13.6 Å². The lowest BCUT2D eigenvalue weighted by atomic mass is 10.1. The summed E-state index contributed by atoms with van der Waals surface area (Å²) in [6.45, 7) is 1.07. The fourth-order valence-electron chi connectivity index (χ4n) is 3.57. The van der Waals surface area contributed by atoms with Crippen LogP contribution in [0.5, 0.6) is 0 Å². The molecular weight excluding hydrogens is 344 g/mol. The van der Waals surface area contributed by atoms with E-state index >= 15 is 0 Å². The van der Waals surface area contributed by atoms with E-state index in [0.717, 1.165) is 12.0 Å². The summed E-state index contributed by atoms with van der Waals surface area (Å²) in [6.07, 6.45) is 3.09. The Hall–Kier alpha value is -3.13. The number of benzene rings is 1. The van der Waals surface area contributed by atoms with E-state index < -0.39 is 5.66 Å². The van der Waals surface area contributed by atoms with Crippen molar-refractivity contribution >= 4 is 17.8 Å². The summed E-state index contributed by atoms with van der Waals surface area (Å²) in [5, 5.41) is 4.96. The van der Waals surface area contributed by atoms with Gasteiger partial charge in [0.25, 0.3) is 11.8 Å². The van der Waals surface area contributed by atoms with E-state index in [1.54, 1.807) is 30.4 Å². The van der Waals surface area contributed by atoms with E-state index in [9.17, 15) is 9.59 Å². The molecule has 1 spiro atoms. The number of aliphatic imine (C=N–C) groups is 1. The molecule has 2 fully saturated rings. The second-order valence-electron chi connectivity index (χ2n) is 6.75. The molecule has 0 aliphatic carbocycles. The van der Waals surface area contributed by atoms with Crippen molar-refractivity contribution in [3.05, 3.63) is 59.9 Å². The Morgan fingerprint density at radius 1 is 1.26 bits per heavy atom. The van der Waals surface area contributed by atoms with Gasteiger partial charge in [-0.15, -0.1) is 0 Å². The summed E-state index contributed by atoms with van der Waals surface area (Å²) in [6, 6.07) is 13.3. The number of rotatable bonds is 4. The van der Waals surface area contributed by atoms with Gasteiger partial charge in [0.1, 0.15) is 5.69 Å². The first-order valence-electron chi connectivity index (χ1n) is 8.97. The fraction of sp³-hybridized carbons (Fsp3) is 0.316. The van der Waals surface area contributed by atoms with Crippen molar-refractivity contribution in [2.24, 2.45) is 4.99 Å². The van der Waals surface area contributed by atoms with E-state index in [0.29, 0.717) is 31.2 Å². The smallest absolute Gasteiger partial charge is 0.282 e. The van der Waals surface area contributed by atoms with Gasteiger partial charge in [0.15, 0.2) is 5.66 Å². The van der Waals surface area contributed by atoms with Crippen LogP contribution in [0.15, 0.2) is 53.7 Å². The molecule has 3 heterocycles. The van der Waals surface area contributed by atoms with Crippen LogP contribution >= 0.6 is 0 Å². The average Bonchev–Trinajstić information content (AvgIpc) is 3.40. The molecule has 2 aliphatic rings. The molecule has 2 aromatic rings. The molecule has 3 N–H and O–H groups in total. The highest BCUT2D eigenvalue weighted by molar-refractivity contribution is 6.08. The topological polar surface area (TPSA) is 92.8 Å². The molecule has 1 aromatic carbocycles. The van der Waals surface area contributed by atoms with Gasteiger partial charge in [-0.1, -0.05) is 30.3 Å². The molecule has 1 atom stereocenters. The number of nitrogens with zero attached hydrogens (tertiary/aromatic N) is 3. The van der Waals surface area contributed by atoms with Gasteiger partial charge in [-0.3, -0.25) is 19.9 Å². The maximum absolute atomic E-state index is 13.0. The van der Waals surface area contributed by atoms with E-state index in [1.807, 2.05) is 30.3 Å². The van der Waals surface area contributed by atoms with Gasteiger partial charge < -0.3 is 10.3 Å². The molecule has 8 heteroatoms. The lowest BCUT2D eigenvalue weighted by Crippen LogP contribution is -2.62. The van der Waals surface area contributed by atoms with Crippen molar-refractivity contribution in [2.45, 2.75) is 25.0 Å². The highest BCUT2D eigenvalue weighted by Gasteiger charge is 2.55. The number of carbonyl (C=O) groups is 2. The van der Waals surface area contributed by atoms with Gasteiger partial charge in [0.05, 0.1) is 6.54 Å². The van der Waals surface area contributed by atoms with Crippen LogP contribution in [0.3, 0.4) is 0 Å². The number of hydrogen-bond acceptors (Lipinski definition) is 4. The first kappa shape index (κ1) is 17.3. The summed E-state index contributed by atoms with van der Waals surface area (Å²) in [7, 11) is 1.71. The molecule has 1 unspecified atom stereocenters. The predicted octanol–water partition coefficient (Wildman–Crippen LogP) is 1.07. The molecule has 2 aliphatic heterocycles. The Labute approximate surface area is 157 Å². The number of amides is 2. The number of aromatic nitrogens is 1. The molecule has 4 rings (SSSR count). The van der Waals surface area contributed by atoms with Crippen LogP contribution in [-0.4, -0.2) is 51.9 Å². The summed E-state index contributed by atoms with van der Waals surface area (Å²) in [4.78, 5) is 34.4. The number of aromatic amines is 1. The van der Waals surface area contributed by atoms with Gasteiger partial charge >= 0.3 is 0 Å². The molecule has 0 radical (unpaired) electrons. The number of hydrazine groups is 1. The maximum Gasteiger partial charge on any atom is 0.282 e. The lowest BCUT2D eigenvalue weighted by Gasteiger charge is -2.32. The standard InChI is InChI=1S/C19H22N6O2/c1-24-17(27)19(22-18(24)21-13-14-7-3-2-4-8-14)10-6-12-25(19)23-16(26)15-9-5-11-20-15/h2-5,7-9,11,20H,6,10,12-13H2,1H3,(H,21,22)(H,23,26). The number of carbonyl (C=O) groups excluding carboxylic acids is 2. The highest BCUT2D eigenvalue weighted by atomic mass is 16.2. The molecule has 0 bridgehead atoms. The third-order valence-corrected chi connectivity index (χ3v) is 5.01. The molecule has 27 heavy (non-hydrogen) atoms. The number of H-pyrrole nitrogens is 1. The van der Waals surface area contributed by atoms with Gasteiger partial charge in [-0.2, -0.15) is 5.01 Å². The van der Waals surface area contributed by atoms with Crippen molar-refractivity contribution in [1.29, 1.82) is 0 Å². The van der Waals surface area contributed by atoms with E-state index in [-0.39, 0.29) is 11.8 Å². The van der Waals surface area contributed by atoms with Crippen molar-refractivity contribution < 1.29 is 9.59 Å². The second kappa shape index (κ2) is 6.88. The van der Waals surface area contributed by atoms with Crippen LogP contribution in [0.25, 0.3) is 0 Å². The van der Waals surface area contributed by atoms with Gasteiger partial charge in [-0.05, 0) is 30.5 Å². The first-order valence-corrected chi connectivity index (χ1v) is 8.97. The molecule has 1 aromatic heterocycles. The number of guanidine groups is 1. The Balaban J connectivity index is 1.53. The number of likely N-dealkylation sites (N-methyl/N-ethyl adjacent to an activating group) is 1. The normalized spacial score (nSPS) is 24.0. The van der Waals surface area contributed by atoms with Gasteiger partial charge in [-0.25, -0.2) is 4.99 Å². The fourth-order valence-corrected chi connectivity index (χ4v) is 3.57. The molecular formula is C19H22N6O2. The number of nitrogens with one attached hydrogen (secondary N) is 3. The van der Waals surface area contributed by atoms with Crippen LogP contribution in [-0.2, 0) is 11.3 Å². The maximum atomic E-state index is 13.0. The van der Waals surface area contributed by atoms with Gasteiger partial charge in [0, 0.05) is 19.8 Å². The quantitative estimate of drug-likeness (QED) is 0.755. The van der Waals surface area contributed by atoms with Crippen LogP contribution in [0.2, 0.25) is 0 Å². The molecule has 2 saturated heterocycles. The summed E-state index contributed by atoms with van der Waals surface area (Å²) < 4.78 is 0. The first-order chi connectivity index (χ1) is 13.1. The average molecular weight is 366 g/mol. The van der Waals surface area contributed by atoms with Gasteiger partial charge in [0.2, 0.25) is 5.96 Å². The zero-order valence-electron chi connectivity index (χ0n) is 15.1. The molecule has 0 saturated carbocycles. The molecule has 2 amide bonds. The van der Waals surface area contributed by atoms with Crippen molar-refractivity contribution in [3.8, 4) is 0 Å². The molecule has 8 nitrogen and oxygen atoms in total. The van der Waals surface area contributed by atoms with E-state index in [4.69, 9.17) is 0 Å². The lowest BCUT2D eigenvalue weighted by molar-refractivity contribution is -0.136. The third kappa shape index (κ3) is 3.08. The minimum atomic E-state index is -0.980. The number of hydrogen-bond donors (Lipinski definition) is 3. The summed E-state index contributed by atoms with van der Waals surface area (Å²) in [5.74, 6) is 0.136. The largest absolute Gasteiger partial charge is 0.357 e. The van der Waals surface area contributed by atoms with E-state index in [1.165, 1.54) is 4.90 Å². The second-order valence-corrected chi connectivity index (χ2v) is 6.75. The zero-order valence-corrected chi connectivity index (χ0v) is 15.1. The summed E-state index contributed by atoms with van der Waals surface area (Å²) >= 11 is 0.